The van der Waals surface area contributed by atoms with Crippen molar-refractivity contribution >= 4 is 0 Å². The molecule has 21 heavy (non-hydrogen) atoms. The maximum Gasteiger partial charge on any atom is 0.122 e. The second-order valence-corrected chi connectivity index (χ2v) is 5.27. The number of ether oxygens (including phenoxy) is 2. The molecular weight excluding hydrogens is 262 g/mol. The summed E-state index contributed by atoms with van der Waals surface area (Å²) in [5, 5.41) is 0. The molecule has 0 aliphatic rings. The summed E-state index contributed by atoms with van der Waals surface area (Å²) in [7, 11) is 0. The summed E-state index contributed by atoms with van der Waals surface area (Å²) in [6, 6.07) is 16.0. The standard InChI is InChI=1S/C18H23NO2/c1-14(2)16-6-8-17(9-7-16)20-10-11-21-18-5-3-4-15(12-18)13-19/h3-9,12,14H,10-11,13,19H2,1-2H3. The van der Waals surface area contributed by atoms with Gasteiger partial charge in [0.1, 0.15) is 24.7 Å². The van der Waals surface area contributed by atoms with E-state index in [0.717, 1.165) is 17.1 Å². The topological polar surface area (TPSA) is 44.5 Å². The smallest absolute Gasteiger partial charge is 0.122 e. The van der Waals surface area contributed by atoms with Gasteiger partial charge >= 0.3 is 0 Å². The maximum absolute atomic E-state index is 5.67. The van der Waals surface area contributed by atoms with Gasteiger partial charge in [-0.05, 0) is 41.3 Å². The molecule has 0 aliphatic carbocycles. The molecule has 0 unspecified atom stereocenters. The Labute approximate surface area is 126 Å². The van der Waals surface area contributed by atoms with E-state index in [1.54, 1.807) is 0 Å². The van der Waals surface area contributed by atoms with Crippen molar-refractivity contribution in [1.82, 2.24) is 0 Å². The van der Waals surface area contributed by atoms with Gasteiger partial charge in [-0.3, -0.25) is 0 Å². The van der Waals surface area contributed by atoms with E-state index in [-0.39, 0.29) is 0 Å². The molecule has 3 heteroatoms. The van der Waals surface area contributed by atoms with E-state index in [1.807, 2.05) is 36.4 Å². The Balaban J connectivity index is 1.76. The molecule has 0 saturated heterocycles. The molecule has 0 aromatic heterocycles. The Bertz CT molecular complexity index is 549. The minimum atomic E-state index is 0.514. The number of nitrogens with two attached hydrogens (primary N) is 1. The summed E-state index contributed by atoms with van der Waals surface area (Å²) in [4.78, 5) is 0. The fraction of sp³-hybridized carbons (Fsp3) is 0.333. The molecule has 0 radical (unpaired) electrons. The Morgan fingerprint density at radius 1 is 0.905 bits per heavy atom. The second kappa shape index (κ2) is 7.70. The molecule has 112 valence electrons. The molecule has 0 fully saturated rings. The zero-order chi connectivity index (χ0) is 15.1. The van der Waals surface area contributed by atoms with E-state index in [1.165, 1.54) is 5.56 Å². The van der Waals surface area contributed by atoms with Gasteiger partial charge in [-0.15, -0.1) is 0 Å². The summed E-state index contributed by atoms with van der Waals surface area (Å²) >= 11 is 0. The largest absolute Gasteiger partial charge is 0.490 e. The molecule has 0 heterocycles. The zero-order valence-electron chi connectivity index (χ0n) is 12.7. The molecule has 2 rings (SSSR count). The third-order valence-corrected chi connectivity index (χ3v) is 3.30. The molecule has 2 N–H and O–H groups in total. The molecule has 0 saturated carbocycles. The lowest BCUT2D eigenvalue weighted by atomic mass is 10.0. The van der Waals surface area contributed by atoms with Gasteiger partial charge in [0, 0.05) is 6.54 Å². The number of benzene rings is 2. The first-order valence-electron chi connectivity index (χ1n) is 7.33. The molecule has 0 spiro atoms. The lowest BCUT2D eigenvalue weighted by molar-refractivity contribution is 0.217. The molecule has 2 aromatic carbocycles. The minimum absolute atomic E-state index is 0.514. The van der Waals surface area contributed by atoms with Gasteiger partial charge in [0.2, 0.25) is 0 Å². The molecule has 0 aliphatic heterocycles. The highest BCUT2D eigenvalue weighted by Crippen LogP contribution is 2.18. The van der Waals surface area contributed by atoms with Gasteiger partial charge in [0.15, 0.2) is 0 Å². The average molecular weight is 285 g/mol. The summed E-state index contributed by atoms with van der Waals surface area (Å²) in [5.41, 5.74) is 7.99. The summed E-state index contributed by atoms with van der Waals surface area (Å²) < 4.78 is 11.3. The van der Waals surface area contributed by atoms with Crippen molar-refractivity contribution in [2.45, 2.75) is 26.3 Å². The monoisotopic (exact) mass is 285 g/mol. The SMILES string of the molecule is CC(C)c1ccc(OCCOc2cccc(CN)c2)cc1. The minimum Gasteiger partial charge on any atom is -0.490 e. The number of hydrogen-bond donors (Lipinski definition) is 1. The van der Waals surface area contributed by atoms with Crippen molar-refractivity contribution in [3.63, 3.8) is 0 Å². The van der Waals surface area contributed by atoms with Crippen molar-refractivity contribution in [3.05, 3.63) is 59.7 Å². The van der Waals surface area contributed by atoms with Gasteiger partial charge in [-0.1, -0.05) is 38.1 Å². The maximum atomic E-state index is 5.67. The summed E-state index contributed by atoms with van der Waals surface area (Å²) in [6.07, 6.45) is 0. The van der Waals surface area contributed by atoms with Crippen molar-refractivity contribution in [2.24, 2.45) is 5.73 Å². The van der Waals surface area contributed by atoms with E-state index in [9.17, 15) is 0 Å². The first-order chi connectivity index (χ1) is 10.2. The number of hydrogen-bond acceptors (Lipinski definition) is 3. The second-order valence-electron chi connectivity index (χ2n) is 5.27. The van der Waals surface area contributed by atoms with Crippen LogP contribution in [0.1, 0.15) is 30.9 Å². The quantitative estimate of drug-likeness (QED) is 0.788. The zero-order valence-corrected chi connectivity index (χ0v) is 12.7. The summed E-state index contributed by atoms with van der Waals surface area (Å²) in [5.74, 6) is 2.24. The summed E-state index contributed by atoms with van der Waals surface area (Å²) in [6.45, 7) is 5.92. The fourth-order valence-electron chi connectivity index (χ4n) is 2.03. The Hall–Kier alpha value is -2.00. The van der Waals surface area contributed by atoms with E-state index in [2.05, 4.69) is 26.0 Å². The first kappa shape index (κ1) is 15.4. The Kier molecular flexibility index (Phi) is 5.64. The normalized spacial score (nSPS) is 10.7. The van der Waals surface area contributed by atoms with Crippen molar-refractivity contribution < 1.29 is 9.47 Å². The third-order valence-electron chi connectivity index (χ3n) is 3.30. The fourth-order valence-corrected chi connectivity index (χ4v) is 2.03. The molecule has 0 atom stereocenters. The van der Waals surface area contributed by atoms with E-state index < -0.39 is 0 Å². The van der Waals surface area contributed by atoms with Crippen LogP contribution in [-0.4, -0.2) is 13.2 Å². The van der Waals surface area contributed by atoms with E-state index in [0.29, 0.717) is 25.7 Å². The van der Waals surface area contributed by atoms with Crippen LogP contribution in [-0.2, 0) is 6.54 Å². The Morgan fingerprint density at radius 3 is 2.19 bits per heavy atom. The number of rotatable bonds is 7. The van der Waals surface area contributed by atoms with Gasteiger partial charge < -0.3 is 15.2 Å². The highest BCUT2D eigenvalue weighted by molar-refractivity contribution is 5.29. The molecular formula is C18H23NO2. The van der Waals surface area contributed by atoms with Gasteiger partial charge in [0.25, 0.3) is 0 Å². The first-order valence-corrected chi connectivity index (χ1v) is 7.33. The predicted octanol–water partition coefficient (Wildman–Crippen LogP) is 3.73. The van der Waals surface area contributed by atoms with Crippen molar-refractivity contribution in [2.75, 3.05) is 13.2 Å². The van der Waals surface area contributed by atoms with Crippen LogP contribution in [0.4, 0.5) is 0 Å². The molecule has 3 nitrogen and oxygen atoms in total. The van der Waals surface area contributed by atoms with Crippen molar-refractivity contribution in [1.29, 1.82) is 0 Å². The lowest BCUT2D eigenvalue weighted by Gasteiger charge is -2.10. The van der Waals surface area contributed by atoms with Crippen LogP contribution >= 0.6 is 0 Å². The van der Waals surface area contributed by atoms with Crippen LogP contribution in [0.15, 0.2) is 48.5 Å². The van der Waals surface area contributed by atoms with Crippen LogP contribution in [0.3, 0.4) is 0 Å². The van der Waals surface area contributed by atoms with Crippen molar-refractivity contribution in [3.8, 4) is 11.5 Å². The third kappa shape index (κ3) is 4.80. The predicted molar refractivity (Wildman–Crippen MR) is 85.9 cm³/mol. The lowest BCUT2D eigenvalue weighted by Crippen LogP contribution is -2.09. The average Bonchev–Trinajstić information content (AvgIpc) is 2.52. The van der Waals surface area contributed by atoms with Gasteiger partial charge in [0.05, 0.1) is 0 Å². The van der Waals surface area contributed by atoms with Crippen LogP contribution in [0.2, 0.25) is 0 Å². The van der Waals surface area contributed by atoms with Crippen LogP contribution in [0, 0.1) is 0 Å². The highest BCUT2D eigenvalue weighted by Gasteiger charge is 2.00. The molecule has 0 bridgehead atoms. The van der Waals surface area contributed by atoms with E-state index >= 15 is 0 Å². The van der Waals surface area contributed by atoms with E-state index in [4.69, 9.17) is 15.2 Å². The van der Waals surface area contributed by atoms with Gasteiger partial charge in [-0.2, -0.15) is 0 Å². The Morgan fingerprint density at radius 2 is 1.57 bits per heavy atom. The highest BCUT2D eigenvalue weighted by atomic mass is 16.5. The van der Waals surface area contributed by atoms with Crippen LogP contribution in [0.5, 0.6) is 11.5 Å². The molecule has 0 amide bonds. The van der Waals surface area contributed by atoms with Gasteiger partial charge in [-0.25, -0.2) is 0 Å². The van der Waals surface area contributed by atoms with Crippen LogP contribution < -0.4 is 15.2 Å². The van der Waals surface area contributed by atoms with Crippen LogP contribution in [0.25, 0.3) is 0 Å². The molecule has 2 aromatic rings.